The lowest BCUT2D eigenvalue weighted by Gasteiger charge is -2.06. The van der Waals surface area contributed by atoms with Gasteiger partial charge in [0.05, 0.1) is 11.4 Å². The van der Waals surface area contributed by atoms with Crippen LogP contribution in [0.25, 0.3) is 0 Å². The Morgan fingerprint density at radius 2 is 2.17 bits per heavy atom. The highest BCUT2D eigenvalue weighted by Crippen LogP contribution is 2.19. The van der Waals surface area contributed by atoms with Crippen molar-refractivity contribution in [3.63, 3.8) is 0 Å². The van der Waals surface area contributed by atoms with Crippen LogP contribution in [0.2, 0.25) is 5.15 Å². The minimum absolute atomic E-state index is 0.00837. The second-order valence-electron chi connectivity index (χ2n) is 3.53. The average Bonchev–Trinajstić information content (AvgIpc) is 2.35. The predicted molar refractivity (Wildman–Crippen MR) is 68.0 cm³/mol. The van der Waals surface area contributed by atoms with E-state index in [1.165, 1.54) is 18.3 Å². The summed E-state index contributed by atoms with van der Waals surface area (Å²) in [7, 11) is 0. The minimum Gasteiger partial charge on any atom is -0.396 e. The summed E-state index contributed by atoms with van der Waals surface area (Å²) in [4.78, 5) is 15.6. The Morgan fingerprint density at radius 1 is 1.39 bits per heavy atom. The van der Waals surface area contributed by atoms with Crippen molar-refractivity contribution in [3.05, 3.63) is 53.1 Å². The molecular weight excluding hydrogens is 257 g/mol. The SMILES string of the molecule is Nc1ccc(C(=O)Nc2cccnc2Cl)cc1F. The van der Waals surface area contributed by atoms with Crippen LogP contribution in [-0.2, 0) is 0 Å². The maximum Gasteiger partial charge on any atom is 0.255 e. The molecule has 2 aromatic rings. The molecule has 92 valence electrons. The fraction of sp³-hybridized carbons (Fsp3) is 0. The number of nitrogen functional groups attached to an aromatic ring is 1. The number of pyridine rings is 1. The largest absolute Gasteiger partial charge is 0.396 e. The Morgan fingerprint density at radius 3 is 2.83 bits per heavy atom. The van der Waals surface area contributed by atoms with Crippen LogP contribution in [0.4, 0.5) is 15.8 Å². The van der Waals surface area contributed by atoms with E-state index in [0.29, 0.717) is 5.69 Å². The first-order valence-corrected chi connectivity index (χ1v) is 5.42. The van der Waals surface area contributed by atoms with Gasteiger partial charge in [0.15, 0.2) is 5.15 Å². The molecule has 0 saturated heterocycles. The van der Waals surface area contributed by atoms with Gasteiger partial charge in [-0.05, 0) is 30.3 Å². The number of amides is 1. The summed E-state index contributed by atoms with van der Waals surface area (Å²) in [5, 5.41) is 2.70. The highest BCUT2D eigenvalue weighted by Gasteiger charge is 2.10. The standard InChI is InChI=1S/C12H9ClFN3O/c13-11-10(2-1-5-16-11)17-12(18)7-3-4-9(15)8(14)6-7/h1-6H,15H2,(H,17,18). The van der Waals surface area contributed by atoms with Crippen molar-refractivity contribution < 1.29 is 9.18 Å². The Bertz CT molecular complexity index is 604. The van der Waals surface area contributed by atoms with Crippen molar-refractivity contribution in [2.45, 2.75) is 0 Å². The number of hydrogen-bond donors (Lipinski definition) is 2. The first-order chi connectivity index (χ1) is 8.58. The zero-order valence-corrected chi connectivity index (χ0v) is 9.91. The molecule has 2 rings (SSSR count). The fourth-order valence-electron chi connectivity index (χ4n) is 1.34. The van der Waals surface area contributed by atoms with Crippen LogP contribution < -0.4 is 11.1 Å². The number of nitrogens with two attached hydrogens (primary N) is 1. The van der Waals surface area contributed by atoms with Gasteiger partial charge >= 0.3 is 0 Å². The first kappa shape index (κ1) is 12.3. The van der Waals surface area contributed by atoms with Crippen molar-refractivity contribution >= 4 is 28.9 Å². The second-order valence-corrected chi connectivity index (χ2v) is 3.89. The van der Waals surface area contributed by atoms with E-state index < -0.39 is 11.7 Å². The summed E-state index contributed by atoms with van der Waals surface area (Å²) >= 11 is 5.79. The Balaban J connectivity index is 2.22. The quantitative estimate of drug-likeness (QED) is 0.648. The predicted octanol–water partition coefficient (Wildman–Crippen LogP) is 2.71. The summed E-state index contributed by atoms with van der Waals surface area (Å²) in [5.41, 5.74) is 5.84. The summed E-state index contributed by atoms with van der Waals surface area (Å²) in [5.74, 6) is -1.12. The molecule has 0 aliphatic rings. The van der Waals surface area contributed by atoms with Crippen LogP contribution in [0.1, 0.15) is 10.4 Å². The highest BCUT2D eigenvalue weighted by molar-refractivity contribution is 6.32. The van der Waals surface area contributed by atoms with Gasteiger partial charge in [0.1, 0.15) is 5.82 Å². The van der Waals surface area contributed by atoms with Crippen LogP contribution in [-0.4, -0.2) is 10.9 Å². The number of rotatable bonds is 2. The van der Waals surface area contributed by atoms with E-state index in [4.69, 9.17) is 17.3 Å². The zero-order valence-electron chi connectivity index (χ0n) is 9.15. The third-order valence-electron chi connectivity index (χ3n) is 2.27. The molecule has 18 heavy (non-hydrogen) atoms. The van der Waals surface area contributed by atoms with Gasteiger partial charge in [-0.15, -0.1) is 0 Å². The van der Waals surface area contributed by atoms with E-state index in [1.807, 2.05) is 0 Å². The van der Waals surface area contributed by atoms with Crippen molar-refractivity contribution in [1.29, 1.82) is 0 Å². The molecule has 0 unspecified atom stereocenters. The smallest absolute Gasteiger partial charge is 0.255 e. The molecule has 6 heteroatoms. The van der Waals surface area contributed by atoms with Gasteiger partial charge in [0, 0.05) is 11.8 Å². The van der Waals surface area contributed by atoms with Gasteiger partial charge in [-0.1, -0.05) is 11.6 Å². The number of carbonyl (C=O) groups excluding carboxylic acids is 1. The van der Waals surface area contributed by atoms with Crippen molar-refractivity contribution in [2.75, 3.05) is 11.1 Å². The Kier molecular flexibility index (Phi) is 3.43. The first-order valence-electron chi connectivity index (χ1n) is 5.05. The monoisotopic (exact) mass is 265 g/mol. The van der Waals surface area contributed by atoms with E-state index in [1.54, 1.807) is 12.1 Å². The van der Waals surface area contributed by atoms with Gasteiger partial charge in [-0.2, -0.15) is 0 Å². The number of anilines is 2. The Hall–Kier alpha value is -2.14. The number of halogens is 2. The van der Waals surface area contributed by atoms with Crippen LogP contribution in [0.3, 0.4) is 0 Å². The van der Waals surface area contributed by atoms with Gasteiger partial charge in [0.25, 0.3) is 5.91 Å². The molecule has 3 N–H and O–H groups in total. The van der Waals surface area contributed by atoms with Crippen LogP contribution >= 0.6 is 11.6 Å². The molecule has 0 fully saturated rings. The number of aromatic nitrogens is 1. The van der Waals surface area contributed by atoms with Gasteiger partial charge < -0.3 is 11.1 Å². The van der Waals surface area contributed by atoms with E-state index >= 15 is 0 Å². The lowest BCUT2D eigenvalue weighted by atomic mass is 10.2. The van der Waals surface area contributed by atoms with Crippen molar-refractivity contribution in [3.8, 4) is 0 Å². The van der Waals surface area contributed by atoms with Crippen molar-refractivity contribution in [1.82, 2.24) is 4.98 Å². The molecule has 1 heterocycles. The molecule has 0 saturated carbocycles. The fourth-order valence-corrected chi connectivity index (χ4v) is 1.51. The van der Waals surface area contributed by atoms with Crippen LogP contribution in [0.15, 0.2) is 36.5 Å². The molecule has 1 aromatic heterocycles. The highest BCUT2D eigenvalue weighted by atomic mass is 35.5. The third kappa shape index (κ3) is 2.57. The zero-order chi connectivity index (χ0) is 13.1. The van der Waals surface area contributed by atoms with Gasteiger partial charge in [0.2, 0.25) is 0 Å². The molecule has 0 radical (unpaired) electrons. The number of hydrogen-bond acceptors (Lipinski definition) is 3. The molecular formula is C12H9ClFN3O. The van der Waals surface area contributed by atoms with E-state index in [2.05, 4.69) is 10.3 Å². The molecule has 4 nitrogen and oxygen atoms in total. The Labute approximate surface area is 108 Å². The number of carbonyl (C=O) groups is 1. The van der Waals surface area contributed by atoms with E-state index in [0.717, 1.165) is 6.07 Å². The molecule has 0 bridgehead atoms. The maximum absolute atomic E-state index is 13.2. The normalized spacial score (nSPS) is 10.1. The third-order valence-corrected chi connectivity index (χ3v) is 2.57. The lowest BCUT2D eigenvalue weighted by molar-refractivity contribution is 0.102. The topological polar surface area (TPSA) is 68.0 Å². The van der Waals surface area contributed by atoms with Gasteiger partial charge in [-0.3, -0.25) is 4.79 Å². The molecule has 0 spiro atoms. The van der Waals surface area contributed by atoms with Crippen LogP contribution in [0, 0.1) is 5.82 Å². The number of nitrogens with zero attached hydrogens (tertiary/aromatic N) is 1. The molecule has 0 aliphatic carbocycles. The molecule has 1 amide bonds. The molecule has 0 atom stereocenters. The maximum atomic E-state index is 13.2. The van der Waals surface area contributed by atoms with Crippen LogP contribution in [0.5, 0.6) is 0 Å². The average molecular weight is 266 g/mol. The minimum atomic E-state index is -0.639. The second kappa shape index (κ2) is 5.01. The molecule has 1 aromatic carbocycles. The van der Waals surface area contributed by atoms with E-state index in [9.17, 15) is 9.18 Å². The number of nitrogens with one attached hydrogen (secondary N) is 1. The van der Waals surface area contributed by atoms with E-state index in [-0.39, 0.29) is 16.4 Å². The summed E-state index contributed by atoms with van der Waals surface area (Å²) in [6.07, 6.45) is 1.50. The van der Waals surface area contributed by atoms with Gasteiger partial charge in [-0.25, -0.2) is 9.37 Å². The summed E-state index contributed by atoms with van der Waals surface area (Å²) < 4.78 is 13.2. The lowest BCUT2D eigenvalue weighted by Crippen LogP contribution is -2.13. The number of benzene rings is 1. The van der Waals surface area contributed by atoms with Crippen molar-refractivity contribution in [2.24, 2.45) is 0 Å². The molecule has 0 aliphatic heterocycles. The summed E-state index contributed by atoms with van der Waals surface area (Å²) in [6, 6.07) is 7.05. The summed E-state index contributed by atoms with van der Waals surface area (Å²) in [6.45, 7) is 0.